The van der Waals surface area contributed by atoms with Crippen LogP contribution in [0.25, 0.3) is 0 Å². The van der Waals surface area contributed by atoms with Gasteiger partial charge in [0.15, 0.2) is 9.84 Å². The molecule has 152 valence electrons. The van der Waals surface area contributed by atoms with Crippen molar-refractivity contribution in [2.75, 3.05) is 43.4 Å². The normalized spacial score (nSPS) is 15.7. The molecule has 0 aromatic heterocycles. The summed E-state index contributed by atoms with van der Waals surface area (Å²) in [7, 11) is -3.13. The zero-order valence-corrected chi connectivity index (χ0v) is 17.7. The van der Waals surface area contributed by atoms with Crippen molar-refractivity contribution in [3.05, 3.63) is 60.2 Å². The molecular weight excluding hydrogens is 368 g/mol. The first-order valence-electron chi connectivity index (χ1n) is 10.4. The maximum absolute atomic E-state index is 12.4. The van der Waals surface area contributed by atoms with E-state index in [9.17, 15) is 8.42 Å². The number of aryl methyl sites for hydroxylation is 1. The average Bonchev–Trinajstić information content (AvgIpc) is 2.72. The van der Waals surface area contributed by atoms with Crippen molar-refractivity contribution in [1.29, 1.82) is 0 Å². The van der Waals surface area contributed by atoms with E-state index in [0.29, 0.717) is 4.90 Å². The summed E-state index contributed by atoms with van der Waals surface area (Å²) >= 11 is 0. The Hall–Kier alpha value is -1.85. The van der Waals surface area contributed by atoms with E-state index in [1.54, 1.807) is 12.1 Å². The van der Waals surface area contributed by atoms with Crippen molar-refractivity contribution in [2.45, 2.75) is 37.5 Å². The van der Waals surface area contributed by atoms with Gasteiger partial charge in [-0.25, -0.2) is 8.42 Å². The highest BCUT2D eigenvalue weighted by molar-refractivity contribution is 7.91. The summed E-state index contributed by atoms with van der Waals surface area (Å²) in [5.41, 5.74) is 2.40. The summed E-state index contributed by atoms with van der Waals surface area (Å²) in [6.45, 7) is 7.47. The lowest BCUT2D eigenvalue weighted by atomic mass is 10.2. The number of rotatable bonds is 9. The second-order valence-corrected chi connectivity index (χ2v) is 9.82. The summed E-state index contributed by atoms with van der Waals surface area (Å²) < 4.78 is 24.7. The maximum atomic E-state index is 12.4. The zero-order chi connectivity index (χ0) is 19.8. The number of piperazine rings is 1. The second kappa shape index (κ2) is 10.1. The molecule has 1 fully saturated rings. The number of nitrogens with zero attached hydrogens (tertiary/aromatic N) is 2. The highest BCUT2D eigenvalue weighted by atomic mass is 32.2. The molecule has 0 radical (unpaired) electrons. The van der Waals surface area contributed by atoms with Crippen LogP contribution < -0.4 is 4.90 Å². The monoisotopic (exact) mass is 400 g/mol. The van der Waals surface area contributed by atoms with Crippen LogP contribution in [0.5, 0.6) is 0 Å². The van der Waals surface area contributed by atoms with E-state index < -0.39 is 9.84 Å². The van der Waals surface area contributed by atoms with E-state index in [-0.39, 0.29) is 5.75 Å². The fraction of sp³-hybridized carbons (Fsp3) is 0.478. The van der Waals surface area contributed by atoms with Gasteiger partial charge in [0.25, 0.3) is 0 Å². The van der Waals surface area contributed by atoms with E-state index >= 15 is 0 Å². The molecule has 3 rings (SSSR count). The molecule has 1 heterocycles. The van der Waals surface area contributed by atoms with Gasteiger partial charge in [0.2, 0.25) is 0 Å². The van der Waals surface area contributed by atoms with E-state index in [1.165, 1.54) is 5.69 Å². The van der Waals surface area contributed by atoms with Gasteiger partial charge in [-0.05, 0) is 50.6 Å². The quantitative estimate of drug-likeness (QED) is 0.593. The first-order chi connectivity index (χ1) is 13.5. The molecule has 0 spiro atoms. The van der Waals surface area contributed by atoms with Crippen LogP contribution in [0.1, 0.15) is 31.2 Å². The predicted molar refractivity (Wildman–Crippen MR) is 117 cm³/mol. The Bertz CT molecular complexity index is 811. The first-order valence-corrected chi connectivity index (χ1v) is 12.0. The van der Waals surface area contributed by atoms with Gasteiger partial charge in [0, 0.05) is 31.9 Å². The van der Waals surface area contributed by atoms with Gasteiger partial charge in [-0.2, -0.15) is 0 Å². The highest BCUT2D eigenvalue weighted by Gasteiger charge is 2.17. The Morgan fingerprint density at radius 1 is 0.786 bits per heavy atom. The molecular formula is C23H32N2O2S. The molecule has 0 bridgehead atoms. The minimum absolute atomic E-state index is 0.256. The number of unbranched alkanes of at least 4 members (excludes halogenated alkanes) is 3. The molecule has 0 atom stereocenters. The van der Waals surface area contributed by atoms with Crippen LogP contribution in [0.4, 0.5) is 5.69 Å². The van der Waals surface area contributed by atoms with Crippen LogP contribution in [0.2, 0.25) is 0 Å². The van der Waals surface area contributed by atoms with Gasteiger partial charge in [0.1, 0.15) is 0 Å². The van der Waals surface area contributed by atoms with Crippen LogP contribution in [0.3, 0.4) is 0 Å². The number of hydrogen-bond donors (Lipinski definition) is 0. The van der Waals surface area contributed by atoms with Gasteiger partial charge >= 0.3 is 0 Å². The molecule has 0 N–H and O–H groups in total. The van der Waals surface area contributed by atoms with Gasteiger partial charge in [-0.3, -0.25) is 4.90 Å². The average molecular weight is 401 g/mol. The SMILES string of the molecule is Cc1ccc(S(=O)(=O)CCCCCCN2CCN(c3ccccc3)CC2)cc1. The molecule has 1 aliphatic rings. The predicted octanol–water partition coefficient (Wildman–Crippen LogP) is 4.15. The minimum atomic E-state index is -3.13. The van der Waals surface area contributed by atoms with Crippen LogP contribution in [0.15, 0.2) is 59.5 Å². The fourth-order valence-electron chi connectivity index (χ4n) is 3.71. The van der Waals surface area contributed by atoms with Gasteiger partial charge in [0.05, 0.1) is 10.6 Å². The number of benzene rings is 2. The number of sulfone groups is 1. The summed E-state index contributed by atoms with van der Waals surface area (Å²) in [5, 5.41) is 0. The Balaban J connectivity index is 1.29. The summed E-state index contributed by atoms with van der Waals surface area (Å²) in [6, 6.07) is 17.8. The van der Waals surface area contributed by atoms with Gasteiger partial charge in [-0.1, -0.05) is 48.7 Å². The van der Waals surface area contributed by atoms with Crippen LogP contribution >= 0.6 is 0 Å². The Morgan fingerprint density at radius 3 is 2.11 bits per heavy atom. The molecule has 0 amide bonds. The molecule has 1 aliphatic heterocycles. The van der Waals surface area contributed by atoms with Crippen molar-refractivity contribution < 1.29 is 8.42 Å². The number of anilines is 1. The Morgan fingerprint density at radius 2 is 1.43 bits per heavy atom. The third-order valence-electron chi connectivity index (χ3n) is 5.51. The Labute approximate surface area is 170 Å². The van der Waals surface area contributed by atoms with Crippen molar-refractivity contribution in [3.8, 4) is 0 Å². The van der Waals surface area contributed by atoms with Crippen molar-refractivity contribution >= 4 is 15.5 Å². The van der Waals surface area contributed by atoms with Crippen LogP contribution in [-0.2, 0) is 9.84 Å². The highest BCUT2D eigenvalue weighted by Crippen LogP contribution is 2.17. The largest absolute Gasteiger partial charge is 0.369 e. The maximum Gasteiger partial charge on any atom is 0.178 e. The molecule has 0 saturated carbocycles. The van der Waals surface area contributed by atoms with Gasteiger partial charge in [-0.15, -0.1) is 0 Å². The molecule has 0 aliphatic carbocycles. The molecule has 5 heteroatoms. The second-order valence-electron chi connectivity index (χ2n) is 7.71. The Kier molecular flexibility index (Phi) is 7.51. The lowest BCUT2D eigenvalue weighted by Crippen LogP contribution is -2.46. The van der Waals surface area contributed by atoms with E-state index in [0.717, 1.165) is 64.0 Å². The lowest BCUT2D eigenvalue weighted by molar-refractivity contribution is 0.252. The number of hydrogen-bond acceptors (Lipinski definition) is 4. The third kappa shape index (κ3) is 6.08. The van der Waals surface area contributed by atoms with Crippen molar-refractivity contribution in [3.63, 3.8) is 0 Å². The first kappa shape index (κ1) is 20.9. The van der Waals surface area contributed by atoms with E-state index in [4.69, 9.17) is 0 Å². The minimum Gasteiger partial charge on any atom is -0.369 e. The summed E-state index contributed by atoms with van der Waals surface area (Å²) in [5.74, 6) is 0.256. The number of para-hydroxylation sites is 1. The lowest BCUT2D eigenvalue weighted by Gasteiger charge is -2.36. The standard InChI is InChI=1S/C23H32N2O2S/c1-21-11-13-23(14-12-21)28(26,27)20-8-3-2-7-15-24-16-18-25(19-17-24)22-9-5-4-6-10-22/h4-6,9-14H,2-3,7-8,15-20H2,1H3. The van der Waals surface area contributed by atoms with Gasteiger partial charge < -0.3 is 4.90 Å². The smallest absolute Gasteiger partial charge is 0.178 e. The molecule has 4 nitrogen and oxygen atoms in total. The van der Waals surface area contributed by atoms with Crippen molar-refractivity contribution in [2.24, 2.45) is 0 Å². The topological polar surface area (TPSA) is 40.6 Å². The van der Waals surface area contributed by atoms with E-state index in [1.807, 2.05) is 19.1 Å². The zero-order valence-electron chi connectivity index (χ0n) is 16.9. The van der Waals surface area contributed by atoms with Crippen molar-refractivity contribution in [1.82, 2.24) is 4.90 Å². The molecule has 2 aromatic rings. The molecule has 2 aromatic carbocycles. The van der Waals surface area contributed by atoms with Crippen LogP contribution in [-0.4, -0.2) is 51.8 Å². The van der Waals surface area contributed by atoms with E-state index in [2.05, 4.69) is 40.1 Å². The molecule has 1 saturated heterocycles. The van der Waals surface area contributed by atoms with Crippen LogP contribution in [0, 0.1) is 6.92 Å². The fourth-order valence-corrected chi connectivity index (χ4v) is 5.08. The summed E-state index contributed by atoms with van der Waals surface area (Å²) in [4.78, 5) is 5.43. The third-order valence-corrected chi connectivity index (χ3v) is 7.33. The summed E-state index contributed by atoms with van der Waals surface area (Å²) in [6.07, 6.45) is 3.98. The molecule has 0 unspecified atom stereocenters. The molecule has 28 heavy (non-hydrogen) atoms.